The van der Waals surface area contributed by atoms with E-state index in [1.54, 1.807) is 6.92 Å². The molecule has 0 heterocycles. The largest absolute Gasteiger partial charge is 0.462 e. The first-order valence-electron chi connectivity index (χ1n) is 8.57. The van der Waals surface area contributed by atoms with Gasteiger partial charge < -0.3 is 4.74 Å². The Kier molecular flexibility index (Phi) is 5.05. The Morgan fingerprint density at radius 3 is 2.54 bits per heavy atom. The van der Waals surface area contributed by atoms with Gasteiger partial charge in [-0.3, -0.25) is 4.79 Å². The van der Waals surface area contributed by atoms with Gasteiger partial charge in [0.25, 0.3) is 0 Å². The highest BCUT2D eigenvalue weighted by Gasteiger charge is 2.25. The highest BCUT2D eigenvalue weighted by molar-refractivity contribution is 8.32. The standard InChI is InChI=1S/C22H24O3S/c1-15(2)22(24)25-11-12-26(3,4)14-18-13-17-9-5-7-16-8-6-10-19(20(16)17)21(18)23/h5-10,13H,1,11-12,14H2,2-4H3. The highest BCUT2D eigenvalue weighted by Crippen LogP contribution is 2.44. The Balaban J connectivity index is 1.78. The van der Waals surface area contributed by atoms with E-state index in [4.69, 9.17) is 4.74 Å². The quantitative estimate of drug-likeness (QED) is 0.553. The van der Waals surface area contributed by atoms with E-state index < -0.39 is 10.0 Å². The molecule has 0 spiro atoms. The summed E-state index contributed by atoms with van der Waals surface area (Å²) in [6.45, 7) is 5.60. The number of rotatable bonds is 6. The summed E-state index contributed by atoms with van der Waals surface area (Å²) in [6, 6.07) is 12.0. The maximum atomic E-state index is 13.0. The Morgan fingerprint density at radius 1 is 1.15 bits per heavy atom. The molecule has 0 aromatic heterocycles. The van der Waals surface area contributed by atoms with Crippen molar-refractivity contribution in [2.75, 3.05) is 30.6 Å². The molecule has 0 aliphatic heterocycles. The van der Waals surface area contributed by atoms with E-state index in [1.807, 2.05) is 36.4 Å². The Labute approximate surface area is 156 Å². The molecule has 0 radical (unpaired) electrons. The average Bonchev–Trinajstić information content (AvgIpc) is 2.58. The zero-order chi connectivity index (χ0) is 18.9. The van der Waals surface area contributed by atoms with Crippen LogP contribution in [-0.4, -0.2) is 42.4 Å². The Hall–Kier alpha value is -2.33. The van der Waals surface area contributed by atoms with E-state index in [9.17, 15) is 9.59 Å². The van der Waals surface area contributed by atoms with E-state index in [2.05, 4.69) is 25.2 Å². The number of Topliss-reactive ketones (excluding diaryl/α,β-unsaturated/α-hetero) is 1. The first kappa shape index (κ1) is 18.5. The van der Waals surface area contributed by atoms with Gasteiger partial charge in [0.2, 0.25) is 0 Å². The monoisotopic (exact) mass is 368 g/mol. The molecular weight excluding hydrogens is 344 g/mol. The number of carbonyl (C=O) groups excluding carboxylic acids is 2. The summed E-state index contributed by atoms with van der Waals surface area (Å²) in [4.78, 5) is 24.5. The summed E-state index contributed by atoms with van der Waals surface area (Å²) >= 11 is 0. The second-order valence-electron chi connectivity index (χ2n) is 7.28. The molecule has 1 aliphatic carbocycles. The fourth-order valence-corrected chi connectivity index (χ4v) is 4.92. The minimum absolute atomic E-state index is 0.119. The van der Waals surface area contributed by atoms with Gasteiger partial charge in [-0.05, 0) is 36.5 Å². The summed E-state index contributed by atoms with van der Waals surface area (Å²) in [7, 11) is -1.10. The Morgan fingerprint density at radius 2 is 1.85 bits per heavy atom. The van der Waals surface area contributed by atoms with E-state index >= 15 is 0 Å². The molecule has 0 atom stereocenters. The third-order valence-corrected chi connectivity index (χ3v) is 6.93. The summed E-state index contributed by atoms with van der Waals surface area (Å²) in [5, 5.41) is 2.15. The fourth-order valence-electron chi connectivity index (χ4n) is 3.19. The van der Waals surface area contributed by atoms with Crippen molar-refractivity contribution in [3.05, 3.63) is 65.3 Å². The van der Waals surface area contributed by atoms with Crippen LogP contribution >= 0.6 is 10.0 Å². The van der Waals surface area contributed by atoms with Crippen molar-refractivity contribution in [2.45, 2.75) is 6.92 Å². The molecule has 4 heteroatoms. The number of hydrogen-bond donors (Lipinski definition) is 0. The number of hydrogen-bond acceptors (Lipinski definition) is 3. The SMILES string of the molecule is C=C(C)C(=O)OCCS(C)(C)CC1=Cc2cccc3cccc(c23)C1=O. The minimum atomic E-state index is -1.10. The molecule has 3 nitrogen and oxygen atoms in total. The molecule has 136 valence electrons. The van der Waals surface area contributed by atoms with Gasteiger partial charge in [0.1, 0.15) is 0 Å². The average molecular weight is 368 g/mol. The van der Waals surface area contributed by atoms with Gasteiger partial charge in [-0.2, -0.15) is 0 Å². The van der Waals surface area contributed by atoms with Crippen molar-refractivity contribution in [3.8, 4) is 0 Å². The molecule has 0 saturated carbocycles. The maximum absolute atomic E-state index is 13.0. The van der Waals surface area contributed by atoms with Gasteiger partial charge in [0.15, 0.2) is 5.78 Å². The van der Waals surface area contributed by atoms with Crippen LogP contribution in [0.1, 0.15) is 22.8 Å². The smallest absolute Gasteiger partial charge is 0.333 e. The van der Waals surface area contributed by atoms with Gasteiger partial charge in [-0.25, -0.2) is 14.8 Å². The van der Waals surface area contributed by atoms with Crippen molar-refractivity contribution in [2.24, 2.45) is 0 Å². The molecule has 0 N–H and O–H groups in total. The second-order valence-corrected chi connectivity index (χ2v) is 11.5. The van der Waals surface area contributed by atoms with Gasteiger partial charge in [-0.15, -0.1) is 0 Å². The lowest BCUT2D eigenvalue weighted by atomic mass is 9.89. The summed E-state index contributed by atoms with van der Waals surface area (Å²) in [5.41, 5.74) is 3.16. The lowest BCUT2D eigenvalue weighted by Gasteiger charge is -2.32. The highest BCUT2D eigenvalue weighted by atomic mass is 32.3. The summed E-state index contributed by atoms with van der Waals surface area (Å²) in [6.07, 6.45) is 6.39. The zero-order valence-electron chi connectivity index (χ0n) is 15.5. The zero-order valence-corrected chi connectivity index (χ0v) is 16.3. The van der Waals surface area contributed by atoms with Crippen LogP contribution in [0, 0.1) is 0 Å². The van der Waals surface area contributed by atoms with Crippen molar-refractivity contribution in [3.63, 3.8) is 0 Å². The van der Waals surface area contributed by atoms with Crippen molar-refractivity contribution in [1.29, 1.82) is 0 Å². The van der Waals surface area contributed by atoms with Crippen molar-refractivity contribution in [1.82, 2.24) is 0 Å². The van der Waals surface area contributed by atoms with Crippen LogP contribution in [0.3, 0.4) is 0 Å². The minimum Gasteiger partial charge on any atom is -0.462 e. The summed E-state index contributed by atoms with van der Waals surface area (Å²) in [5.74, 6) is 1.26. The maximum Gasteiger partial charge on any atom is 0.333 e. The lowest BCUT2D eigenvalue weighted by Crippen LogP contribution is -2.19. The van der Waals surface area contributed by atoms with E-state index in [-0.39, 0.29) is 11.8 Å². The van der Waals surface area contributed by atoms with E-state index in [0.717, 1.165) is 39.0 Å². The predicted molar refractivity (Wildman–Crippen MR) is 111 cm³/mol. The molecule has 0 saturated heterocycles. The fraction of sp³-hybridized carbons (Fsp3) is 0.273. The van der Waals surface area contributed by atoms with Gasteiger partial charge in [0, 0.05) is 33.6 Å². The number of ether oxygens (including phenoxy) is 1. The molecule has 1 aliphatic rings. The third-order valence-electron chi connectivity index (χ3n) is 4.57. The van der Waals surface area contributed by atoms with Crippen LogP contribution < -0.4 is 0 Å². The third kappa shape index (κ3) is 3.75. The summed E-state index contributed by atoms with van der Waals surface area (Å²) < 4.78 is 5.24. The molecule has 0 amide bonds. The molecule has 2 aromatic rings. The van der Waals surface area contributed by atoms with Gasteiger partial charge in [0.05, 0.1) is 6.61 Å². The Bertz CT molecular complexity index is 932. The molecule has 2 aromatic carbocycles. The van der Waals surface area contributed by atoms with Gasteiger partial charge in [-0.1, -0.05) is 43.0 Å². The molecule has 0 fully saturated rings. The van der Waals surface area contributed by atoms with Crippen LogP contribution in [0.2, 0.25) is 0 Å². The lowest BCUT2D eigenvalue weighted by molar-refractivity contribution is -0.138. The first-order valence-corrected chi connectivity index (χ1v) is 11.4. The van der Waals surface area contributed by atoms with E-state index in [1.165, 1.54) is 0 Å². The number of benzene rings is 2. The normalized spacial score (nSPS) is 14.1. The van der Waals surface area contributed by atoms with Crippen LogP contribution in [0.15, 0.2) is 54.1 Å². The van der Waals surface area contributed by atoms with Crippen molar-refractivity contribution < 1.29 is 14.3 Å². The predicted octanol–water partition coefficient (Wildman–Crippen LogP) is 4.60. The first-order chi connectivity index (χ1) is 12.3. The number of carbonyl (C=O) groups is 2. The van der Waals surface area contributed by atoms with Crippen LogP contribution in [0.5, 0.6) is 0 Å². The van der Waals surface area contributed by atoms with Crippen molar-refractivity contribution >= 4 is 38.6 Å². The van der Waals surface area contributed by atoms with Crippen LogP contribution in [0.4, 0.5) is 0 Å². The molecule has 3 rings (SSSR count). The molecule has 0 bridgehead atoms. The second kappa shape index (κ2) is 7.12. The molecule has 0 unspecified atom stereocenters. The van der Waals surface area contributed by atoms with Gasteiger partial charge >= 0.3 is 5.97 Å². The van der Waals surface area contributed by atoms with E-state index in [0.29, 0.717) is 12.2 Å². The number of esters is 1. The molecular formula is C22H24O3S. The molecule has 26 heavy (non-hydrogen) atoms. The van der Waals surface area contributed by atoms with Crippen LogP contribution in [-0.2, 0) is 9.53 Å². The topological polar surface area (TPSA) is 43.4 Å². The number of ketones is 1. The van der Waals surface area contributed by atoms with Crippen LogP contribution in [0.25, 0.3) is 16.8 Å².